The minimum absolute atomic E-state index is 0.0893. The second-order valence-electron chi connectivity index (χ2n) is 6.18. The monoisotopic (exact) mass is 345 g/mol. The number of Topliss-reactive ketones (excluding diaryl/α,β-unsaturated/α-hetero) is 1. The lowest BCUT2D eigenvalue weighted by Crippen LogP contribution is -2.06. The van der Waals surface area contributed by atoms with Crippen molar-refractivity contribution >= 4 is 16.7 Å². The second kappa shape index (κ2) is 6.52. The van der Waals surface area contributed by atoms with Gasteiger partial charge in [0.1, 0.15) is 0 Å². The highest BCUT2D eigenvalue weighted by molar-refractivity contribution is 5.97. The molecule has 2 aromatic carbocycles. The average molecular weight is 345 g/mol. The Balaban J connectivity index is 1.59. The van der Waals surface area contributed by atoms with Gasteiger partial charge in [-0.25, -0.2) is 4.98 Å². The second-order valence-corrected chi connectivity index (χ2v) is 6.18. The molecule has 4 aromatic rings. The van der Waals surface area contributed by atoms with Crippen molar-refractivity contribution in [2.75, 3.05) is 0 Å². The number of carbonyl (C=O) groups excluding carboxylic acids is 1. The van der Waals surface area contributed by atoms with Crippen molar-refractivity contribution < 1.29 is 8.91 Å². The van der Waals surface area contributed by atoms with E-state index in [1.54, 1.807) is 24.7 Å². The summed E-state index contributed by atoms with van der Waals surface area (Å²) in [5.41, 5.74) is 3.95. The van der Waals surface area contributed by atoms with Crippen molar-refractivity contribution in [1.29, 1.82) is 0 Å². The molecule has 0 bridgehead atoms. The van der Waals surface area contributed by atoms with Crippen LogP contribution in [0.2, 0.25) is 0 Å². The summed E-state index contributed by atoms with van der Waals surface area (Å²) in [6, 6.07) is 13.7. The number of fused-ring (bicyclic) bond motifs is 1. The first-order valence-corrected chi connectivity index (χ1v) is 8.18. The summed E-state index contributed by atoms with van der Waals surface area (Å²) >= 11 is 0. The van der Waals surface area contributed by atoms with E-state index < -0.39 is 6.85 Å². The standard InChI is InChI=1S/C21H18N4O/c1-14-3-5-15(6-4-14)21(26)11-18-10-17-9-16(7-8-19(17)24-23-18)20-12-22-13-25(20)2/h3-10,12-13H,11H2,1-2H3/i1D3. The van der Waals surface area contributed by atoms with E-state index in [4.69, 9.17) is 4.11 Å². The molecule has 0 spiro atoms. The van der Waals surface area contributed by atoms with Crippen LogP contribution in [0.4, 0.5) is 0 Å². The molecule has 0 aliphatic carbocycles. The molecule has 4 rings (SSSR count). The lowest BCUT2D eigenvalue weighted by atomic mass is 10.0. The van der Waals surface area contributed by atoms with Crippen molar-refractivity contribution in [2.24, 2.45) is 7.05 Å². The predicted octanol–water partition coefficient (Wildman–Crippen LogP) is 3.76. The third-order valence-corrected chi connectivity index (χ3v) is 4.30. The van der Waals surface area contributed by atoms with Gasteiger partial charge in [0, 0.05) is 27.7 Å². The smallest absolute Gasteiger partial charge is 0.168 e. The average Bonchev–Trinajstić information content (AvgIpc) is 3.13. The van der Waals surface area contributed by atoms with Gasteiger partial charge in [-0.05, 0) is 25.1 Å². The Morgan fingerprint density at radius 2 is 1.96 bits per heavy atom. The fourth-order valence-corrected chi connectivity index (χ4v) is 2.89. The summed E-state index contributed by atoms with van der Waals surface area (Å²) < 4.78 is 24.2. The fourth-order valence-electron chi connectivity index (χ4n) is 2.89. The SMILES string of the molecule is [2H]C([2H])([2H])c1ccc(C(=O)Cc2cc3cc(-c4cncn4C)ccc3nn2)cc1. The van der Waals surface area contributed by atoms with Crippen LogP contribution in [0.15, 0.2) is 61.1 Å². The number of imidazole rings is 1. The Bertz CT molecular complexity index is 1200. The molecule has 0 radical (unpaired) electrons. The molecule has 0 aliphatic heterocycles. The number of benzene rings is 2. The Kier molecular flexibility index (Phi) is 3.24. The van der Waals surface area contributed by atoms with E-state index in [9.17, 15) is 4.79 Å². The van der Waals surface area contributed by atoms with Gasteiger partial charge in [0.2, 0.25) is 0 Å². The number of aromatic nitrogens is 4. The van der Waals surface area contributed by atoms with Crippen molar-refractivity contribution in [1.82, 2.24) is 19.7 Å². The van der Waals surface area contributed by atoms with Crippen molar-refractivity contribution in [3.05, 3.63) is 77.9 Å². The lowest BCUT2D eigenvalue weighted by molar-refractivity contribution is 0.0991. The number of rotatable bonds is 4. The summed E-state index contributed by atoms with van der Waals surface area (Å²) in [4.78, 5) is 16.7. The van der Waals surface area contributed by atoms with Gasteiger partial charge in [0.25, 0.3) is 0 Å². The molecule has 0 amide bonds. The number of hydrogen-bond acceptors (Lipinski definition) is 4. The normalized spacial score (nSPS) is 13.2. The van der Waals surface area contributed by atoms with Crippen LogP contribution < -0.4 is 0 Å². The van der Waals surface area contributed by atoms with Gasteiger partial charge < -0.3 is 4.57 Å². The molecule has 0 fully saturated rings. The summed E-state index contributed by atoms with van der Waals surface area (Å²) in [5, 5.41) is 9.27. The molecule has 5 heteroatoms. The van der Waals surface area contributed by atoms with Gasteiger partial charge >= 0.3 is 0 Å². The fraction of sp³-hybridized carbons (Fsp3) is 0.143. The minimum Gasteiger partial charge on any atom is -0.334 e. The maximum absolute atomic E-state index is 12.6. The van der Waals surface area contributed by atoms with E-state index in [1.807, 2.05) is 35.9 Å². The summed E-state index contributed by atoms with van der Waals surface area (Å²) in [6.45, 7) is -2.18. The Morgan fingerprint density at radius 3 is 2.69 bits per heavy atom. The van der Waals surface area contributed by atoms with Crippen LogP contribution in [-0.4, -0.2) is 25.5 Å². The van der Waals surface area contributed by atoms with Crippen molar-refractivity contribution in [2.45, 2.75) is 13.3 Å². The van der Waals surface area contributed by atoms with Gasteiger partial charge in [-0.1, -0.05) is 35.9 Å². The quantitative estimate of drug-likeness (QED) is 0.528. The molecule has 128 valence electrons. The number of ketones is 1. The molecule has 0 saturated carbocycles. The predicted molar refractivity (Wildman–Crippen MR) is 101 cm³/mol. The highest BCUT2D eigenvalue weighted by atomic mass is 16.1. The highest BCUT2D eigenvalue weighted by Crippen LogP contribution is 2.23. The number of hydrogen-bond donors (Lipinski definition) is 0. The van der Waals surface area contributed by atoms with Crippen LogP contribution in [0.3, 0.4) is 0 Å². The molecular formula is C21H18N4O. The Morgan fingerprint density at radius 1 is 1.12 bits per heavy atom. The van der Waals surface area contributed by atoms with Crippen molar-refractivity contribution in [3.63, 3.8) is 0 Å². The topological polar surface area (TPSA) is 60.7 Å². The van der Waals surface area contributed by atoms with Crippen LogP contribution in [0.1, 0.15) is 25.7 Å². The van der Waals surface area contributed by atoms with E-state index in [2.05, 4.69) is 15.2 Å². The van der Waals surface area contributed by atoms with Crippen LogP contribution in [0.5, 0.6) is 0 Å². The summed E-state index contributed by atoms with van der Waals surface area (Å²) in [6.07, 6.45) is 3.63. The maximum atomic E-state index is 12.6. The maximum Gasteiger partial charge on any atom is 0.168 e. The first-order valence-electron chi connectivity index (χ1n) is 9.68. The van der Waals surface area contributed by atoms with Crippen molar-refractivity contribution in [3.8, 4) is 11.3 Å². The van der Waals surface area contributed by atoms with Crippen LogP contribution in [0, 0.1) is 6.85 Å². The third-order valence-electron chi connectivity index (χ3n) is 4.30. The van der Waals surface area contributed by atoms with E-state index in [1.165, 1.54) is 12.1 Å². The summed E-state index contributed by atoms with van der Waals surface area (Å²) in [5.74, 6) is -0.140. The van der Waals surface area contributed by atoms with E-state index in [0.29, 0.717) is 11.3 Å². The molecule has 0 N–H and O–H groups in total. The summed E-state index contributed by atoms with van der Waals surface area (Å²) in [7, 11) is 1.93. The van der Waals surface area contributed by atoms with Crippen LogP contribution in [0.25, 0.3) is 22.2 Å². The minimum atomic E-state index is -2.18. The lowest BCUT2D eigenvalue weighted by Gasteiger charge is -2.06. The molecule has 5 nitrogen and oxygen atoms in total. The third kappa shape index (κ3) is 3.11. The van der Waals surface area contributed by atoms with Crippen LogP contribution in [-0.2, 0) is 13.5 Å². The molecule has 26 heavy (non-hydrogen) atoms. The van der Waals surface area contributed by atoms with Gasteiger partial charge in [0.05, 0.1) is 35.8 Å². The first-order chi connectivity index (χ1) is 13.8. The highest BCUT2D eigenvalue weighted by Gasteiger charge is 2.10. The number of nitrogens with zero attached hydrogens (tertiary/aromatic N) is 4. The molecular weight excluding hydrogens is 324 g/mol. The molecule has 0 saturated heterocycles. The first kappa shape index (κ1) is 12.9. The zero-order chi connectivity index (χ0) is 20.6. The molecule has 0 unspecified atom stereocenters. The van der Waals surface area contributed by atoms with E-state index in [-0.39, 0.29) is 17.8 Å². The molecule has 2 aromatic heterocycles. The largest absolute Gasteiger partial charge is 0.334 e. The van der Waals surface area contributed by atoms with Gasteiger partial charge in [-0.2, -0.15) is 10.2 Å². The molecule has 2 heterocycles. The zero-order valence-corrected chi connectivity index (χ0v) is 14.2. The van der Waals surface area contributed by atoms with Gasteiger partial charge in [0.15, 0.2) is 5.78 Å². The van der Waals surface area contributed by atoms with Gasteiger partial charge in [-0.3, -0.25) is 4.79 Å². The molecule has 0 atom stereocenters. The zero-order valence-electron chi connectivity index (χ0n) is 17.2. The van der Waals surface area contributed by atoms with E-state index >= 15 is 0 Å². The van der Waals surface area contributed by atoms with Gasteiger partial charge in [-0.15, -0.1) is 0 Å². The number of aryl methyl sites for hydroxylation is 2. The van der Waals surface area contributed by atoms with E-state index in [0.717, 1.165) is 22.2 Å². The Labute approximate surface area is 155 Å². The molecule has 0 aliphatic rings. The van der Waals surface area contributed by atoms with Crippen LogP contribution >= 0.6 is 0 Å². The number of carbonyl (C=O) groups is 1. The Hall–Kier alpha value is -3.34.